The Morgan fingerprint density at radius 3 is 2.76 bits per heavy atom. The van der Waals surface area contributed by atoms with E-state index in [1.807, 2.05) is 0 Å². The Morgan fingerprint density at radius 1 is 1.41 bits per heavy atom. The van der Waals surface area contributed by atoms with Crippen LogP contribution >= 0.6 is 0 Å². The Morgan fingerprint density at radius 2 is 2.12 bits per heavy atom. The maximum atomic E-state index is 13.5. The summed E-state index contributed by atoms with van der Waals surface area (Å²) in [6.45, 7) is 2.97. The molecule has 0 spiro atoms. The molecule has 0 radical (unpaired) electrons. The molecule has 17 heavy (non-hydrogen) atoms. The number of carboxylic acid groups (broad SMARTS) is 1. The van der Waals surface area contributed by atoms with E-state index in [-0.39, 0.29) is 11.3 Å². The van der Waals surface area contributed by atoms with E-state index in [1.54, 1.807) is 12.1 Å². The molecule has 1 heterocycles. The number of hydrogen-bond acceptors (Lipinski definition) is 3. The Kier molecular flexibility index (Phi) is 2.53. The van der Waals surface area contributed by atoms with Crippen LogP contribution in [0.25, 0.3) is 10.9 Å². The van der Waals surface area contributed by atoms with Gasteiger partial charge in [0.15, 0.2) is 0 Å². The summed E-state index contributed by atoms with van der Waals surface area (Å²) in [7, 11) is 0. The number of carboxylic acids is 1. The van der Waals surface area contributed by atoms with Gasteiger partial charge in [0.25, 0.3) is 0 Å². The molecule has 1 aromatic carbocycles. The van der Waals surface area contributed by atoms with Crippen LogP contribution < -0.4 is 0 Å². The van der Waals surface area contributed by atoms with Crippen molar-refractivity contribution < 1.29 is 14.3 Å². The van der Waals surface area contributed by atoms with E-state index in [2.05, 4.69) is 9.97 Å². The predicted octanol–water partition coefficient (Wildman–Crippen LogP) is 2.13. The summed E-state index contributed by atoms with van der Waals surface area (Å²) in [4.78, 5) is 19.1. The molecule has 0 bridgehead atoms. The number of fused-ring (bicyclic) bond motifs is 1. The van der Waals surface area contributed by atoms with Gasteiger partial charge in [0.05, 0.1) is 0 Å². The van der Waals surface area contributed by atoms with E-state index in [1.165, 1.54) is 26.1 Å². The molecule has 0 saturated carbocycles. The second kappa shape index (κ2) is 3.76. The van der Waals surface area contributed by atoms with Gasteiger partial charge in [-0.05, 0) is 19.9 Å². The fourth-order valence-electron chi connectivity index (χ4n) is 1.42. The van der Waals surface area contributed by atoms with Crippen molar-refractivity contribution in [3.05, 3.63) is 36.0 Å². The Balaban J connectivity index is 2.66. The number of aliphatic carboxylic acids is 1. The van der Waals surface area contributed by atoms with Gasteiger partial charge in [-0.3, -0.25) is 4.79 Å². The molecular formula is C12H11FN2O2. The number of halogens is 1. The Hall–Kier alpha value is -2.04. The molecule has 2 aromatic rings. The maximum absolute atomic E-state index is 13.5. The minimum atomic E-state index is -1.24. The van der Waals surface area contributed by atoms with Gasteiger partial charge in [-0.15, -0.1) is 0 Å². The molecular weight excluding hydrogens is 223 g/mol. The molecule has 88 valence electrons. The normalized spacial score (nSPS) is 11.7. The Bertz CT molecular complexity index is 596. The van der Waals surface area contributed by atoms with Crippen LogP contribution in [0.15, 0.2) is 24.4 Å². The highest BCUT2D eigenvalue weighted by Crippen LogP contribution is 2.22. The molecule has 0 aliphatic heterocycles. The van der Waals surface area contributed by atoms with Crippen molar-refractivity contribution in [1.82, 2.24) is 9.97 Å². The zero-order chi connectivity index (χ0) is 12.6. The first-order valence-electron chi connectivity index (χ1n) is 5.08. The number of benzene rings is 1. The van der Waals surface area contributed by atoms with E-state index in [4.69, 9.17) is 5.11 Å². The molecule has 4 nitrogen and oxygen atoms in total. The van der Waals surface area contributed by atoms with Gasteiger partial charge in [-0.1, -0.05) is 12.1 Å². The first kappa shape index (κ1) is 11.4. The highest BCUT2D eigenvalue weighted by Gasteiger charge is 2.32. The molecule has 0 fully saturated rings. The summed E-state index contributed by atoms with van der Waals surface area (Å²) in [6, 6.07) is 4.52. The second-order valence-electron chi connectivity index (χ2n) is 4.30. The monoisotopic (exact) mass is 234 g/mol. The molecule has 0 atom stereocenters. The average Bonchev–Trinajstić information content (AvgIpc) is 2.29. The minimum absolute atomic E-state index is 0.0996. The molecule has 0 aliphatic rings. The summed E-state index contributed by atoms with van der Waals surface area (Å²) in [5.41, 5.74) is -1.09. The third-order valence-corrected chi connectivity index (χ3v) is 2.66. The third-order valence-electron chi connectivity index (χ3n) is 2.66. The van der Waals surface area contributed by atoms with Gasteiger partial charge in [-0.25, -0.2) is 14.4 Å². The Labute approximate surface area is 97.1 Å². The van der Waals surface area contributed by atoms with Crippen molar-refractivity contribution in [1.29, 1.82) is 0 Å². The van der Waals surface area contributed by atoms with Crippen LogP contribution in [0, 0.1) is 5.82 Å². The minimum Gasteiger partial charge on any atom is -0.481 e. The average molecular weight is 234 g/mol. The molecule has 1 N–H and O–H groups in total. The van der Waals surface area contributed by atoms with Crippen molar-refractivity contribution in [2.24, 2.45) is 0 Å². The number of hydrogen-bond donors (Lipinski definition) is 1. The smallest absolute Gasteiger partial charge is 0.316 e. The zero-order valence-corrected chi connectivity index (χ0v) is 9.44. The van der Waals surface area contributed by atoms with E-state index < -0.39 is 17.2 Å². The fraction of sp³-hybridized carbons (Fsp3) is 0.250. The van der Waals surface area contributed by atoms with Crippen LogP contribution in [0.2, 0.25) is 0 Å². The lowest BCUT2D eigenvalue weighted by atomic mass is 9.92. The lowest BCUT2D eigenvalue weighted by Gasteiger charge is -2.17. The largest absolute Gasteiger partial charge is 0.481 e. The number of aromatic nitrogens is 2. The highest BCUT2D eigenvalue weighted by atomic mass is 19.1. The molecule has 0 unspecified atom stereocenters. The van der Waals surface area contributed by atoms with Gasteiger partial charge in [-0.2, -0.15) is 0 Å². The van der Waals surface area contributed by atoms with E-state index in [9.17, 15) is 9.18 Å². The second-order valence-corrected chi connectivity index (χ2v) is 4.30. The summed E-state index contributed by atoms with van der Waals surface area (Å²) >= 11 is 0. The summed E-state index contributed by atoms with van der Waals surface area (Å²) in [5.74, 6) is -1.43. The molecule has 1 aromatic heterocycles. The van der Waals surface area contributed by atoms with Crippen LogP contribution in [0.5, 0.6) is 0 Å². The van der Waals surface area contributed by atoms with Crippen molar-refractivity contribution >= 4 is 16.9 Å². The number of nitrogens with zero attached hydrogens (tertiary/aromatic N) is 2. The van der Waals surface area contributed by atoms with Gasteiger partial charge in [0.2, 0.25) is 0 Å². The first-order valence-corrected chi connectivity index (χ1v) is 5.08. The highest BCUT2D eigenvalue weighted by molar-refractivity contribution is 5.82. The van der Waals surface area contributed by atoms with Crippen LogP contribution in [0.4, 0.5) is 4.39 Å². The van der Waals surface area contributed by atoms with Crippen molar-refractivity contribution in [3.63, 3.8) is 0 Å². The van der Waals surface area contributed by atoms with E-state index >= 15 is 0 Å². The van der Waals surface area contributed by atoms with Gasteiger partial charge in [0.1, 0.15) is 22.6 Å². The SMILES string of the molecule is CC(C)(C(=O)O)c1ncc2cccc(F)c2n1. The number of carbonyl (C=O) groups is 1. The van der Waals surface area contributed by atoms with Crippen LogP contribution in [0.3, 0.4) is 0 Å². The molecule has 5 heteroatoms. The maximum Gasteiger partial charge on any atom is 0.316 e. The van der Waals surface area contributed by atoms with Crippen molar-refractivity contribution in [3.8, 4) is 0 Å². The number of para-hydroxylation sites is 1. The topological polar surface area (TPSA) is 63.1 Å². The molecule has 2 rings (SSSR count). The van der Waals surface area contributed by atoms with E-state index in [0.29, 0.717) is 5.39 Å². The van der Waals surface area contributed by atoms with Gasteiger partial charge >= 0.3 is 5.97 Å². The zero-order valence-electron chi connectivity index (χ0n) is 9.44. The standard InChI is InChI=1S/C12H11FN2O2/c1-12(2,11(16)17)10-14-6-7-4-3-5-8(13)9(7)15-10/h3-6H,1-2H3,(H,16,17). The summed E-state index contributed by atoms with van der Waals surface area (Å²) in [6.07, 6.45) is 1.44. The lowest BCUT2D eigenvalue weighted by Crippen LogP contribution is -2.30. The summed E-state index contributed by atoms with van der Waals surface area (Å²) in [5, 5.41) is 9.61. The van der Waals surface area contributed by atoms with Crippen LogP contribution in [-0.2, 0) is 10.2 Å². The molecule has 0 saturated heterocycles. The first-order chi connectivity index (χ1) is 7.93. The van der Waals surface area contributed by atoms with Crippen molar-refractivity contribution in [2.75, 3.05) is 0 Å². The van der Waals surface area contributed by atoms with Gasteiger partial charge < -0.3 is 5.11 Å². The quantitative estimate of drug-likeness (QED) is 0.864. The predicted molar refractivity (Wildman–Crippen MR) is 60.2 cm³/mol. The molecule has 0 aliphatic carbocycles. The number of rotatable bonds is 2. The van der Waals surface area contributed by atoms with E-state index in [0.717, 1.165) is 0 Å². The van der Waals surface area contributed by atoms with Crippen LogP contribution in [0.1, 0.15) is 19.7 Å². The van der Waals surface area contributed by atoms with Crippen LogP contribution in [-0.4, -0.2) is 21.0 Å². The summed E-state index contributed by atoms with van der Waals surface area (Å²) < 4.78 is 13.5. The fourth-order valence-corrected chi connectivity index (χ4v) is 1.42. The van der Waals surface area contributed by atoms with Gasteiger partial charge in [0, 0.05) is 11.6 Å². The molecule has 0 amide bonds. The van der Waals surface area contributed by atoms with Crippen molar-refractivity contribution in [2.45, 2.75) is 19.3 Å². The lowest BCUT2D eigenvalue weighted by molar-refractivity contribution is -0.142. The third kappa shape index (κ3) is 1.84.